The summed E-state index contributed by atoms with van der Waals surface area (Å²) < 4.78 is 39.5. The van der Waals surface area contributed by atoms with E-state index >= 15 is 0 Å². The number of urea groups is 1. The van der Waals surface area contributed by atoms with Gasteiger partial charge >= 0.3 is 12.2 Å². The molecule has 0 saturated carbocycles. The van der Waals surface area contributed by atoms with Crippen LogP contribution in [-0.4, -0.2) is 27.2 Å². The zero-order valence-electron chi connectivity index (χ0n) is 14.7. The van der Waals surface area contributed by atoms with Gasteiger partial charge in [-0.15, -0.1) is 27.8 Å². The van der Waals surface area contributed by atoms with Crippen LogP contribution in [0, 0.1) is 0 Å². The summed E-state index contributed by atoms with van der Waals surface area (Å²) in [7, 11) is 0. The van der Waals surface area contributed by atoms with Crippen LogP contribution in [0.25, 0.3) is 15.7 Å². The Hall–Kier alpha value is -2.92. The van der Waals surface area contributed by atoms with Crippen LogP contribution in [0.15, 0.2) is 47.2 Å². The minimum absolute atomic E-state index is 0.283. The molecule has 3 aromatic heterocycles. The Labute approximate surface area is 171 Å². The lowest BCUT2D eigenvalue weighted by Crippen LogP contribution is -2.30. The van der Waals surface area contributed by atoms with E-state index in [1.165, 1.54) is 23.5 Å². The summed E-state index contributed by atoms with van der Waals surface area (Å²) >= 11 is 3.03. The average Bonchev–Trinajstić information content (AvgIpc) is 3.39. The van der Waals surface area contributed by atoms with Gasteiger partial charge < -0.3 is 10.6 Å². The van der Waals surface area contributed by atoms with Crippen LogP contribution >= 0.6 is 22.7 Å². The van der Waals surface area contributed by atoms with E-state index in [0.717, 1.165) is 27.7 Å². The first kappa shape index (κ1) is 19.4. The largest absolute Gasteiger partial charge is 0.416 e. The Morgan fingerprint density at radius 1 is 1.14 bits per heavy atom. The Kier molecular flexibility index (Phi) is 5.24. The maximum atomic E-state index is 12.6. The molecule has 11 heteroatoms. The van der Waals surface area contributed by atoms with Crippen LogP contribution in [0.5, 0.6) is 0 Å². The smallest absolute Gasteiger partial charge is 0.337 e. The molecule has 4 rings (SSSR count). The van der Waals surface area contributed by atoms with E-state index in [4.69, 9.17) is 0 Å². The molecule has 0 atom stereocenters. The second-order valence-electron chi connectivity index (χ2n) is 6.04. The maximum absolute atomic E-state index is 12.6. The van der Waals surface area contributed by atoms with Crippen LogP contribution < -0.4 is 10.6 Å². The van der Waals surface area contributed by atoms with E-state index in [-0.39, 0.29) is 5.69 Å². The van der Waals surface area contributed by atoms with Gasteiger partial charge in [0.25, 0.3) is 0 Å². The molecule has 0 bridgehead atoms. The number of aromatic nitrogens is 3. The first-order valence-corrected chi connectivity index (χ1v) is 10.3. The molecule has 1 aromatic carbocycles. The van der Waals surface area contributed by atoms with Crippen molar-refractivity contribution in [2.45, 2.75) is 12.6 Å². The third-order valence-electron chi connectivity index (χ3n) is 4.03. The van der Waals surface area contributed by atoms with Crippen molar-refractivity contribution < 1.29 is 18.0 Å². The predicted octanol–water partition coefficient (Wildman–Crippen LogP) is 4.90. The van der Waals surface area contributed by atoms with Crippen molar-refractivity contribution in [1.29, 1.82) is 0 Å². The highest BCUT2D eigenvalue weighted by atomic mass is 32.1. The molecule has 3 heterocycles. The molecule has 2 N–H and O–H groups in total. The van der Waals surface area contributed by atoms with Crippen molar-refractivity contribution in [2.24, 2.45) is 0 Å². The first-order valence-electron chi connectivity index (χ1n) is 8.49. The number of fused-ring (bicyclic) bond motifs is 1. The number of hydrogen-bond donors (Lipinski definition) is 2. The normalized spacial score (nSPS) is 11.7. The number of nitrogens with one attached hydrogen (secondary N) is 2. The Bertz CT molecular complexity index is 1120. The zero-order chi connectivity index (χ0) is 20.4. The van der Waals surface area contributed by atoms with E-state index in [9.17, 15) is 18.0 Å². The topological polar surface area (TPSA) is 71.3 Å². The molecule has 4 aromatic rings. The molecule has 0 aliphatic rings. The molecule has 0 saturated heterocycles. The summed E-state index contributed by atoms with van der Waals surface area (Å²) in [6.45, 7) is 0.340. The minimum Gasteiger partial charge on any atom is -0.337 e. The number of anilines is 1. The van der Waals surface area contributed by atoms with E-state index in [2.05, 4.69) is 20.7 Å². The van der Waals surface area contributed by atoms with Gasteiger partial charge in [-0.25, -0.2) is 9.31 Å². The number of carbonyl (C=O) groups is 1. The molecule has 150 valence electrons. The van der Waals surface area contributed by atoms with Gasteiger partial charge in [-0.1, -0.05) is 6.07 Å². The fourth-order valence-electron chi connectivity index (χ4n) is 2.63. The number of benzene rings is 1. The zero-order valence-corrected chi connectivity index (χ0v) is 16.4. The van der Waals surface area contributed by atoms with Crippen molar-refractivity contribution in [3.8, 4) is 10.7 Å². The van der Waals surface area contributed by atoms with Gasteiger partial charge in [-0.05, 0) is 35.7 Å². The lowest BCUT2D eigenvalue weighted by Gasteiger charge is -2.09. The molecule has 6 nitrogen and oxygen atoms in total. The van der Waals surface area contributed by atoms with E-state index in [0.29, 0.717) is 18.8 Å². The van der Waals surface area contributed by atoms with Crippen molar-refractivity contribution in [1.82, 2.24) is 19.9 Å². The quantitative estimate of drug-likeness (QED) is 0.466. The number of amides is 2. The number of thiophene rings is 1. The van der Waals surface area contributed by atoms with Crippen LogP contribution in [0.3, 0.4) is 0 Å². The third-order valence-corrected chi connectivity index (χ3v) is 5.76. The lowest BCUT2D eigenvalue weighted by atomic mass is 10.2. The summed E-state index contributed by atoms with van der Waals surface area (Å²) in [5.74, 6) is 0.668. The molecule has 0 aliphatic carbocycles. The average molecular weight is 437 g/mol. The summed E-state index contributed by atoms with van der Waals surface area (Å²) in [5.41, 5.74) is 0.431. The maximum Gasteiger partial charge on any atom is 0.416 e. The van der Waals surface area contributed by atoms with Crippen LogP contribution in [0.2, 0.25) is 0 Å². The van der Waals surface area contributed by atoms with Gasteiger partial charge in [-0.2, -0.15) is 18.2 Å². The molecule has 2 amide bonds. The van der Waals surface area contributed by atoms with Gasteiger partial charge in [0.1, 0.15) is 0 Å². The van der Waals surface area contributed by atoms with Crippen LogP contribution in [0.1, 0.15) is 11.3 Å². The highest BCUT2D eigenvalue weighted by Crippen LogP contribution is 2.29. The highest BCUT2D eigenvalue weighted by molar-refractivity contribution is 7.15. The second kappa shape index (κ2) is 7.84. The van der Waals surface area contributed by atoms with Crippen LogP contribution in [0.4, 0.5) is 23.7 Å². The summed E-state index contributed by atoms with van der Waals surface area (Å²) in [6, 6.07) is 7.68. The number of rotatable bonds is 5. The highest BCUT2D eigenvalue weighted by Gasteiger charge is 2.29. The van der Waals surface area contributed by atoms with Gasteiger partial charge in [0.05, 0.1) is 16.1 Å². The van der Waals surface area contributed by atoms with Crippen molar-refractivity contribution in [3.05, 3.63) is 58.4 Å². The summed E-state index contributed by atoms with van der Waals surface area (Å²) in [4.78, 5) is 18.2. The number of nitrogens with zero attached hydrogens (tertiary/aromatic N) is 3. The molecular formula is C18H14F3N5OS2. The first-order chi connectivity index (χ1) is 13.9. The Morgan fingerprint density at radius 2 is 1.93 bits per heavy atom. The van der Waals surface area contributed by atoms with Crippen molar-refractivity contribution in [3.63, 3.8) is 0 Å². The number of halogens is 3. The summed E-state index contributed by atoms with van der Waals surface area (Å²) in [5, 5.41) is 13.6. The Balaban J connectivity index is 1.32. The van der Waals surface area contributed by atoms with E-state index in [1.807, 2.05) is 22.9 Å². The van der Waals surface area contributed by atoms with Gasteiger partial charge in [0, 0.05) is 24.0 Å². The number of carbonyl (C=O) groups excluding carboxylic acids is 1. The van der Waals surface area contributed by atoms with Crippen molar-refractivity contribution in [2.75, 3.05) is 11.9 Å². The lowest BCUT2D eigenvalue weighted by molar-refractivity contribution is -0.137. The molecule has 0 unspecified atom stereocenters. The van der Waals surface area contributed by atoms with Crippen molar-refractivity contribution >= 4 is 39.4 Å². The third kappa shape index (κ3) is 4.40. The van der Waals surface area contributed by atoms with E-state index in [1.54, 1.807) is 15.9 Å². The molecular weight excluding hydrogens is 423 g/mol. The Morgan fingerprint density at radius 3 is 2.62 bits per heavy atom. The van der Waals surface area contributed by atoms with Gasteiger partial charge in [0.2, 0.25) is 4.96 Å². The summed E-state index contributed by atoms with van der Waals surface area (Å²) in [6.07, 6.45) is -3.87. The number of thiazole rings is 1. The predicted molar refractivity (Wildman–Crippen MR) is 106 cm³/mol. The SMILES string of the molecule is O=C(NCCc1csc2nc(-c3cccs3)nn12)Nc1ccc(C(F)(F)F)cc1. The number of alkyl halides is 3. The van der Waals surface area contributed by atoms with Crippen LogP contribution in [-0.2, 0) is 12.6 Å². The second-order valence-corrected chi connectivity index (χ2v) is 7.82. The fourth-order valence-corrected chi connectivity index (χ4v) is 4.14. The van der Waals surface area contributed by atoms with Gasteiger partial charge in [-0.3, -0.25) is 0 Å². The minimum atomic E-state index is -4.41. The molecule has 0 fully saturated rings. The van der Waals surface area contributed by atoms with Gasteiger partial charge in [0.15, 0.2) is 5.82 Å². The molecule has 29 heavy (non-hydrogen) atoms. The monoisotopic (exact) mass is 437 g/mol. The molecule has 0 aliphatic heterocycles. The molecule has 0 radical (unpaired) electrons. The standard InChI is InChI=1S/C18H14F3N5OS2/c19-18(20,21)11-3-5-12(6-4-11)23-16(27)22-8-7-13-10-29-17-24-15(25-26(13)17)14-2-1-9-28-14/h1-6,9-10H,7-8H2,(H2,22,23,27). The number of hydrogen-bond acceptors (Lipinski definition) is 5. The fraction of sp³-hybridized carbons (Fsp3) is 0.167. The molecule has 0 spiro atoms. The van der Waals surface area contributed by atoms with E-state index < -0.39 is 17.8 Å².